The van der Waals surface area contributed by atoms with Crippen LogP contribution < -0.4 is 5.32 Å². The predicted octanol–water partition coefficient (Wildman–Crippen LogP) is 2.53. The molecule has 24 heavy (non-hydrogen) atoms. The van der Waals surface area contributed by atoms with Crippen molar-refractivity contribution in [2.24, 2.45) is 5.92 Å². The molecule has 1 saturated heterocycles. The number of hydrogen-bond donors (Lipinski definition) is 1. The molecule has 1 aromatic rings. The van der Waals surface area contributed by atoms with Crippen molar-refractivity contribution in [1.82, 2.24) is 9.62 Å². The molecule has 134 valence electrons. The number of nitrogens with one attached hydrogen (secondary N) is 1. The molecule has 1 fully saturated rings. The Balaban J connectivity index is 1.91. The molecule has 6 heteroatoms. The van der Waals surface area contributed by atoms with Crippen molar-refractivity contribution >= 4 is 15.9 Å². The first-order chi connectivity index (χ1) is 11.2. The summed E-state index contributed by atoms with van der Waals surface area (Å²) in [6, 6.07) is 9.21. The van der Waals surface area contributed by atoms with Gasteiger partial charge in [0.15, 0.2) is 0 Å². The van der Waals surface area contributed by atoms with Crippen LogP contribution in [0.15, 0.2) is 30.3 Å². The summed E-state index contributed by atoms with van der Waals surface area (Å²) in [5.41, 5.74) is 0.579. The maximum Gasteiger partial charge on any atom is 0.223 e. The lowest BCUT2D eigenvalue weighted by molar-refractivity contribution is -0.127. The third kappa shape index (κ3) is 5.05. The first kappa shape index (κ1) is 18.9. The van der Waals surface area contributed by atoms with Gasteiger partial charge in [0.05, 0.1) is 5.75 Å². The Morgan fingerprint density at radius 2 is 1.79 bits per heavy atom. The van der Waals surface area contributed by atoms with Gasteiger partial charge in [0.2, 0.25) is 15.9 Å². The van der Waals surface area contributed by atoms with Crippen LogP contribution in [-0.4, -0.2) is 37.3 Å². The molecular weight excluding hydrogens is 324 g/mol. The van der Waals surface area contributed by atoms with E-state index < -0.39 is 10.0 Å². The molecular formula is C18H28N2O3S. The Morgan fingerprint density at radius 1 is 1.21 bits per heavy atom. The molecule has 0 aliphatic carbocycles. The van der Waals surface area contributed by atoms with Crippen LogP contribution in [0.4, 0.5) is 0 Å². The van der Waals surface area contributed by atoms with Gasteiger partial charge in [-0.25, -0.2) is 12.7 Å². The first-order valence-electron chi connectivity index (χ1n) is 8.57. The van der Waals surface area contributed by atoms with E-state index in [0.29, 0.717) is 25.9 Å². The van der Waals surface area contributed by atoms with E-state index in [1.165, 1.54) is 4.31 Å². The number of amides is 1. The van der Waals surface area contributed by atoms with E-state index in [0.717, 1.165) is 12.0 Å². The average molecular weight is 353 g/mol. The molecule has 1 heterocycles. The van der Waals surface area contributed by atoms with Crippen LogP contribution in [0.2, 0.25) is 0 Å². The maximum absolute atomic E-state index is 12.5. The minimum atomic E-state index is -3.32. The number of carbonyl (C=O) groups is 1. The van der Waals surface area contributed by atoms with Gasteiger partial charge in [-0.2, -0.15) is 0 Å². The van der Waals surface area contributed by atoms with Crippen molar-refractivity contribution in [1.29, 1.82) is 0 Å². The van der Waals surface area contributed by atoms with E-state index in [1.807, 2.05) is 51.1 Å². The molecule has 1 aromatic carbocycles. The number of benzene rings is 1. The summed E-state index contributed by atoms with van der Waals surface area (Å²) in [4.78, 5) is 12.3. The zero-order valence-corrected chi connectivity index (χ0v) is 15.6. The lowest BCUT2D eigenvalue weighted by atomic mass is 9.94. The highest BCUT2D eigenvalue weighted by atomic mass is 32.2. The quantitative estimate of drug-likeness (QED) is 0.855. The molecule has 1 N–H and O–H groups in total. The summed E-state index contributed by atoms with van der Waals surface area (Å²) in [6.07, 6.45) is 2.03. The Bertz CT molecular complexity index is 648. The van der Waals surface area contributed by atoms with E-state index in [9.17, 15) is 13.2 Å². The molecule has 2 rings (SSSR count). The van der Waals surface area contributed by atoms with Crippen LogP contribution in [0.25, 0.3) is 0 Å². The van der Waals surface area contributed by atoms with Crippen LogP contribution in [0.3, 0.4) is 0 Å². The SMILES string of the molecule is CCC(C)(C)NC(=O)C1CCN(S(=O)(=O)Cc2ccccc2)CC1. The standard InChI is InChI=1S/C18H28N2O3S/c1-4-18(2,3)19-17(21)16-10-12-20(13-11-16)24(22,23)14-15-8-6-5-7-9-15/h5-9,16H,4,10-14H2,1-3H3,(H,19,21). The van der Waals surface area contributed by atoms with Gasteiger partial charge in [-0.3, -0.25) is 4.79 Å². The minimum absolute atomic E-state index is 0.0214. The summed E-state index contributed by atoms with van der Waals surface area (Å²) < 4.78 is 26.6. The van der Waals surface area contributed by atoms with Crippen molar-refractivity contribution < 1.29 is 13.2 Å². The van der Waals surface area contributed by atoms with Crippen LogP contribution in [-0.2, 0) is 20.6 Å². The first-order valence-corrected chi connectivity index (χ1v) is 10.2. The third-order valence-electron chi connectivity index (χ3n) is 4.76. The summed E-state index contributed by atoms with van der Waals surface area (Å²) in [5, 5.41) is 3.06. The predicted molar refractivity (Wildman–Crippen MR) is 95.9 cm³/mol. The molecule has 0 unspecified atom stereocenters. The average Bonchev–Trinajstić information content (AvgIpc) is 2.55. The Morgan fingerprint density at radius 3 is 2.33 bits per heavy atom. The lowest BCUT2D eigenvalue weighted by Gasteiger charge is -2.33. The fourth-order valence-electron chi connectivity index (χ4n) is 2.80. The van der Waals surface area contributed by atoms with E-state index in [2.05, 4.69) is 5.32 Å². The summed E-state index contributed by atoms with van der Waals surface area (Å²) in [5.74, 6) is -0.0333. The number of hydrogen-bond acceptors (Lipinski definition) is 3. The summed E-state index contributed by atoms with van der Waals surface area (Å²) in [7, 11) is -3.32. The number of nitrogens with zero attached hydrogens (tertiary/aromatic N) is 1. The molecule has 0 bridgehead atoms. The van der Waals surface area contributed by atoms with Crippen molar-refractivity contribution in [3.8, 4) is 0 Å². The van der Waals surface area contributed by atoms with Crippen molar-refractivity contribution in [3.63, 3.8) is 0 Å². The van der Waals surface area contributed by atoms with Gasteiger partial charge in [-0.1, -0.05) is 37.3 Å². The summed E-state index contributed by atoms with van der Waals surface area (Å²) >= 11 is 0. The highest BCUT2D eigenvalue weighted by Crippen LogP contribution is 2.23. The number of rotatable bonds is 6. The second-order valence-electron chi connectivity index (χ2n) is 7.14. The Kier molecular flexibility index (Phi) is 6.04. The largest absolute Gasteiger partial charge is 0.351 e. The van der Waals surface area contributed by atoms with Gasteiger partial charge < -0.3 is 5.32 Å². The number of sulfonamides is 1. The molecule has 0 spiro atoms. The Hall–Kier alpha value is -1.40. The molecule has 0 radical (unpaired) electrons. The minimum Gasteiger partial charge on any atom is -0.351 e. The van der Waals surface area contributed by atoms with E-state index in [4.69, 9.17) is 0 Å². The second-order valence-corrected chi connectivity index (χ2v) is 9.11. The molecule has 1 aliphatic rings. The summed E-state index contributed by atoms with van der Waals surface area (Å²) in [6.45, 7) is 6.88. The van der Waals surface area contributed by atoms with Crippen LogP contribution in [0.1, 0.15) is 45.6 Å². The maximum atomic E-state index is 12.5. The van der Waals surface area contributed by atoms with Gasteiger partial charge >= 0.3 is 0 Å². The van der Waals surface area contributed by atoms with E-state index >= 15 is 0 Å². The topological polar surface area (TPSA) is 66.5 Å². The normalized spacial score (nSPS) is 17.6. The van der Waals surface area contributed by atoms with Crippen LogP contribution in [0.5, 0.6) is 0 Å². The van der Waals surface area contributed by atoms with Gasteiger partial charge in [0, 0.05) is 24.5 Å². The van der Waals surface area contributed by atoms with Gasteiger partial charge in [0.25, 0.3) is 0 Å². The highest BCUT2D eigenvalue weighted by molar-refractivity contribution is 7.88. The van der Waals surface area contributed by atoms with E-state index in [1.54, 1.807) is 0 Å². The van der Waals surface area contributed by atoms with Crippen LogP contribution in [0, 0.1) is 5.92 Å². The monoisotopic (exact) mass is 352 g/mol. The number of piperidine rings is 1. The van der Waals surface area contributed by atoms with Crippen LogP contribution >= 0.6 is 0 Å². The lowest BCUT2D eigenvalue weighted by Crippen LogP contribution is -2.49. The van der Waals surface area contributed by atoms with E-state index in [-0.39, 0.29) is 23.1 Å². The molecule has 1 aliphatic heterocycles. The van der Waals surface area contributed by atoms with Crippen molar-refractivity contribution in [2.45, 2.75) is 51.3 Å². The molecule has 5 nitrogen and oxygen atoms in total. The fourth-order valence-corrected chi connectivity index (χ4v) is 4.36. The molecule has 0 aromatic heterocycles. The van der Waals surface area contributed by atoms with Gasteiger partial charge in [-0.05, 0) is 38.7 Å². The zero-order chi connectivity index (χ0) is 17.8. The van der Waals surface area contributed by atoms with Gasteiger partial charge in [-0.15, -0.1) is 0 Å². The van der Waals surface area contributed by atoms with Crippen molar-refractivity contribution in [2.75, 3.05) is 13.1 Å². The fraction of sp³-hybridized carbons (Fsp3) is 0.611. The molecule has 1 amide bonds. The van der Waals surface area contributed by atoms with Crippen molar-refractivity contribution in [3.05, 3.63) is 35.9 Å². The molecule has 0 saturated carbocycles. The Labute approximate surface area is 145 Å². The third-order valence-corrected chi connectivity index (χ3v) is 6.61. The highest BCUT2D eigenvalue weighted by Gasteiger charge is 2.32. The number of carbonyl (C=O) groups excluding carboxylic acids is 1. The van der Waals surface area contributed by atoms with Gasteiger partial charge in [0.1, 0.15) is 0 Å². The molecule has 0 atom stereocenters. The zero-order valence-electron chi connectivity index (χ0n) is 14.8. The second kappa shape index (κ2) is 7.66. The smallest absolute Gasteiger partial charge is 0.223 e.